The van der Waals surface area contributed by atoms with E-state index in [0.29, 0.717) is 19.3 Å². The molecule has 1 heterocycles. The van der Waals surface area contributed by atoms with Crippen molar-refractivity contribution in [1.82, 2.24) is 5.32 Å². The number of carboxylic acid groups (broad SMARTS) is 1. The third-order valence-corrected chi connectivity index (χ3v) is 4.33. The highest BCUT2D eigenvalue weighted by Crippen LogP contribution is 2.39. The lowest BCUT2D eigenvalue weighted by molar-refractivity contribution is -0.140. The van der Waals surface area contributed by atoms with Crippen LogP contribution in [0.3, 0.4) is 0 Å². The van der Waals surface area contributed by atoms with Crippen LogP contribution < -0.4 is 10.6 Å². The van der Waals surface area contributed by atoms with Crippen molar-refractivity contribution in [2.24, 2.45) is 11.8 Å². The van der Waals surface area contributed by atoms with Crippen LogP contribution in [0.1, 0.15) is 36.9 Å². The van der Waals surface area contributed by atoms with Crippen molar-refractivity contribution in [3.63, 3.8) is 0 Å². The molecule has 2 amide bonds. The first-order valence-electron chi connectivity index (χ1n) is 7.41. The van der Waals surface area contributed by atoms with Crippen LogP contribution in [0.4, 0.5) is 5.69 Å². The summed E-state index contributed by atoms with van der Waals surface area (Å²) >= 11 is 0. The molecule has 1 aromatic rings. The van der Waals surface area contributed by atoms with Crippen LogP contribution in [0.25, 0.3) is 0 Å². The minimum absolute atomic E-state index is 0.0232. The number of hydrogen-bond donors (Lipinski definition) is 3. The van der Waals surface area contributed by atoms with Gasteiger partial charge in [0.05, 0.1) is 17.9 Å². The van der Waals surface area contributed by atoms with Gasteiger partial charge in [0.2, 0.25) is 11.8 Å². The van der Waals surface area contributed by atoms with Gasteiger partial charge in [0.15, 0.2) is 0 Å². The molecule has 3 unspecified atom stereocenters. The number of hydrogen-bond acceptors (Lipinski definition) is 3. The minimum Gasteiger partial charge on any atom is -0.481 e. The summed E-state index contributed by atoms with van der Waals surface area (Å²) in [7, 11) is 0. The third kappa shape index (κ3) is 2.81. The predicted molar refractivity (Wildman–Crippen MR) is 79.2 cm³/mol. The first-order chi connectivity index (χ1) is 10.5. The Morgan fingerprint density at radius 1 is 1.32 bits per heavy atom. The fourth-order valence-electron chi connectivity index (χ4n) is 2.83. The number of rotatable bonds is 4. The molecular formula is C16H18N2O4. The molecule has 1 fully saturated rings. The summed E-state index contributed by atoms with van der Waals surface area (Å²) in [5, 5.41) is 14.6. The third-order valence-electron chi connectivity index (χ3n) is 4.33. The maximum Gasteiger partial charge on any atom is 0.307 e. The average Bonchev–Trinajstić information content (AvgIpc) is 3.27. The van der Waals surface area contributed by atoms with Crippen molar-refractivity contribution < 1.29 is 19.5 Å². The monoisotopic (exact) mass is 302 g/mol. The molecule has 1 saturated carbocycles. The van der Waals surface area contributed by atoms with E-state index in [1.807, 2.05) is 25.1 Å². The molecule has 0 radical (unpaired) electrons. The Morgan fingerprint density at radius 2 is 2.09 bits per heavy atom. The maximum atomic E-state index is 12.0. The normalized spacial score (nSPS) is 24.0. The number of benzene rings is 1. The van der Waals surface area contributed by atoms with Gasteiger partial charge in [-0.3, -0.25) is 14.4 Å². The Morgan fingerprint density at radius 3 is 2.77 bits per heavy atom. The number of aryl methyl sites for hydroxylation is 1. The highest BCUT2D eigenvalue weighted by Gasteiger charge is 2.48. The molecule has 3 rings (SSSR count). The number of fused-ring (bicyclic) bond motifs is 1. The topological polar surface area (TPSA) is 95.5 Å². The Kier molecular flexibility index (Phi) is 3.60. The van der Waals surface area contributed by atoms with E-state index in [4.69, 9.17) is 5.11 Å². The first-order valence-corrected chi connectivity index (χ1v) is 7.41. The number of nitrogens with one attached hydrogen (secondary N) is 2. The summed E-state index contributed by atoms with van der Waals surface area (Å²) < 4.78 is 0. The Labute approximate surface area is 127 Å². The van der Waals surface area contributed by atoms with E-state index in [9.17, 15) is 14.4 Å². The summed E-state index contributed by atoms with van der Waals surface area (Å²) in [6, 6.07) is 5.52. The van der Waals surface area contributed by atoms with Crippen molar-refractivity contribution in [1.29, 1.82) is 0 Å². The molecule has 1 aromatic carbocycles. The van der Waals surface area contributed by atoms with Crippen molar-refractivity contribution in [2.45, 2.75) is 32.2 Å². The minimum atomic E-state index is -0.905. The number of anilines is 1. The molecule has 0 aromatic heterocycles. The van der Waals surface area contributed by atoms with Crippen LogP contribution in [-0.2, 0) is 20.8 Å². The van der Waals surface area contributed by atoms with E-state index in [-0.39, 0.29) is 17.9 Å². The SMILES string of the molecule is CC(NC(=O)C1CC1C(=O)O)c1ccc2c(c1)CCC(=O)N2. The Balaban J connectivity index is 1.65. The van der Waals surface area contributed by atoms with Crippen LogP contribution in [0.5, 0.6) is 0 Å². The fourth-order valence-corrected chi connectivity index (χ4v) is 2.83. The number of carbonyl (C=O) groups is 3. The lowest BCUT2D eigenvalue weighted by Crippen LogP contribution is -2.29. The van der Waals surface area contributed by atoms with Crippen molar-refractivity contribution in [3.05, 3.63) is 29.3 Å². The zero-order valence-corrected chi connectivity index (χ0v) is 12.3. The van der Waals surface area contributed by atoms with Gasteiger partial charge in [0.25, 0.3) is 0 Å². The van der Waals surface area contributed by atoms with Gasteiger partial charge in [-0.2, -0.15) is 0 Å². The maximum absolute atomic E-state index is 12.0. The first kappa shape index (κ1) is 14.6. The smallest absolute Gasteiger partial charge is 0.307 e. The molecule has 0 saturated heterocycles. The molecular weight excluding hydrogens is 284 g/mol. The zero-order chi connectivity index (χ0) is 15.9. The van der Waals surface area contributed by atoms with Gasteiger partial charge >= 0.3 is 5.97 Å². The van der Waals surface area contributed by atoms with Crippen molar-refractivity contribution in [2.75, 3.05) is 5.32 Å². The van der Waals surface area contributed by atoms with E-state index in [1.165, 1.54) is 0 Å². The Hall–Kier alpha value is -2.37. The summed E-state index contributed by atoms with van der Waals surface area (Å²) in [5.74, 6) is -2.03. The average molecular weight is 302 g/mol. The molecule has 6 heteroatoms. The van der Waals surface area contributed by atoms with Crippen LogP contribution in [0, 0.1) is 11.8 Å². The van der Waals surface area contributed by atoms with Gasteiger partial charge in [-0.15, -0.1) is 0 Å². The lowest BCUT2D eigenvalue weighted by Gasteiger charge is -2.20. The molecule has 2 aliphatic rings. The summed E-state index contributed by atoms with van der Waals surface area (Å²) in [5.41, 5.74) is 2.84. The van der Waals surface area contributed by atoms with Crippen LogP contribution >= 0.6 is 0 Å². The highest BCUT2D eigenvalue weighted by molar-refractivity contribution is 5.94. The molecule has 1 aliphatic carbocycles. The molecule has 6 nitrogen and oxygen atoms in total. The van der Waals surface area contributed by atoms with Gasteiger partial charge < -0.3 is 15.7 Å². The van der Waals surface area contributed by atoms with Gasteiger partial charge in [0.1, 0.15) is 0 Å². The number of carboxylic acids is 1. The van der Waals surface area contributed by atoms with E-state index in [0.717, 1.165) is 16.8 Å². The highest BCUT2D eigenvalue weighted by atomic mass is 16.4. The molecule has 3 atom stereocenters. The summed E-state index contributed by atoms with van der Waals surface area (Å²) in [6.07, 6.45) is 1.59. The molecule has 3 N–H and O–H groups in total. The van der Waals surface area contributed by atoms with Crippen LogP contribution in [-0.4, -0.2) is 22.9 Å². The number of aliphatic carboxylic acids is 1. The van der Waals surface area contributed by atoms with E-state index < -0.39 is 17.8 Å². The van der Waals surface area contributed by atoms with E-state index >= 15 is 0 Å². The fraction of sp³-hybridized carbons (Fsp3) is 0.438. The summed E-state index contributed by atoms with van der Waals surface area (Å²) in [6.45, 7) is 1.87. The van der Waals surface area contributed by atoms with Gasteiger partial charge in [-0.25, -0.2) is 0 Å². The van der Waals surface area contributed by atoms with E-state index in [1.54, 1.807) is 0 Å². The number of amides is 2. The van der Waals surface area contributed by atoms with Gasteiger partial charge in [0, 0.05) is 12.1 Å². The van der Waals surface area contributed by atoms with Crippen molar-refractivity contribution >= 4 is 23.5 Å². The molecule has 116 valence electrons. The Bertz CT molecular complexity index is 656. The lowest BCUT2D eigenvalue weighted by atomic mass is 9.97. The standard InChI is InChI=1S/C16H18N2O4/c1-8(17-15(20)11-7-12(11)16(21)22)9-2-4-13-10(6-9)3-5-14(19)18-13/h2,4,6,8,11-12H,3,5,7H2,1H3,(H,17,20)(H,18,19)(H,21,22). The largest absolute Gasteiger partial charge is 0.481 e. The molecule has 22 heavy (non-hydrogen) atoms. The second kappa shape index (κ2) is 5.44. The summed E-state index contributed by atoms with van der Waals surface area (Å²) in [4.78, 5) is 34.2. The van der Waals surface area contributed by atoms with Gasteiger partial charge in [-0.05, 0) is 37.0 Å². The molecule has 0 spiro atoms. The quantitative estimate of drug-likeness (QED) is 0.785. The number of carbonyl (C=O) groups excluding carboxylic acids is 2. The van der Waals surface area contributed by atoms with Crippen LogP contribution in [0.15, 0.2) is 18.2 Å². The van der Waals surface area contributed by atoms with E-state index in [2.05, 4.69) is 10.6 Å². The second-order valence-electron chi connectivity index (χ2n) is 5.98. The van der Waals surface area contributed by atoms with Crippen molar-refractivity contribution in [3.8, 4) is 0 Å². The molecule has 1 aliphatic heterocycles. The second-order valence-corrected chi connectivity index (χ2v) is 5.98. The van der Waals surface area contributed by atoms with Gasteiger partial charge in [-0.1, -0.05) is 12.1 Å². The zero-order valence-electron chi connectivity index (χ0n) is 12.3. The van der Waals surface area contributed by atoms with Crippen LogP contribution in [0.2, 0.25) is 0 Å². The predicted octanol–water partition coefficient (Wildman–Crippen LogP) is 1.47. The molecule has 0 bridgehead atoms.